The fourth-order valence-corrected chi connectivity index (χ4v) is 2.98. The Balaban J connectivity index is 2.05. The van der Waals surface area contributed by atoms with Crippen molar-refractivity contribution in [3.8, 4) is 5.75 Å². The molecule has 3 rings (SSSR count). The quantitative estimate of drug-likeness (QED) is 0.763. The highest BCUT2D eigenvalue weighted by molar-refractivity contribution is 6.25. The number of amides is 4. The van der Waals surface area contributed by atoms with E-state index in [1.807, 2.05) is 0 Å². The molecule has 0 saturated carbocycles. The minimum atomic E-state index is -5.31. The van der Waals surface area contributed by atoms with Crippen molar-refractivity contribution < 1.29 is 32.3 Å². The molecule has 1 saturated heterocycles. The summed E-state index contributed by atoms with van der Waals surface area (Å²) >= 11 is 0. The number of hydrogen-bond acceptors (Lipinski definition) is 4. The summed E-state index contributed by atoms with van der Waals surface area (Å²) < 4.78 is 46.9. The summed E-state index contributed by atoms with van der Waals surface area (Å²) in [5.74, 6) is -2.89. The number of nitrogens with one attached hydrogen (secondary N) is 2. The maximum absolute atomic E-state index is 14.0. The van der Waals surface area contributed by atoms with Crippen LogP contribution in [0.3, 0.4) is 0 Å². The molecule has 2 aromatic carbocycles. The number of imide groups is 1. The van der Waals surface area contributed by atoms with Crippen LogP contribution in [0.2, 0.25) is 0 Å². The topological polar surface area (TPSA) is 87.7 Å². The lowest BCUT2D eigenvalue weighted by atomic mass is 10.1. The van der Waals surface area contributed by atoms with Crippen LogP contribution in [0.15, 0.2) is 48.5 Å². The third-order valence-electron chi connectivity index (χ3n) is 4.46. The first kappa shape index (κ1) is 20.2. The van der Waals surface area contributed by atoms with Gasteiger partial charge >= 0.3 is 12.2 Å². The van der Waals surface area contributed by atoms with Gasteiger partial charge in [-0.25, -0.2) is 9.69 Å². The number of methoxy groups -OCH3 is 1. The smallest absolute Gasteiger partial charge is 0.440 e. The molecule has 0 bridgehead atoms. The molecule has 1 atom stereocenters. The summed E-state index contributed by atoms with van der Waals surface area (Å²) in [6, 6.07) is 10.2. The third kappa shape index (κ3) is 3.26. The van der Waals surface area contributed by atoms with Gasteiger partial charge in [-0.2, -0.15) is 13.2 Å². The molecule has 1 aliphatic rings. The van der Waals surface area contributed by atoms with Gasteiger partial charge in [0.05, 0.1) is 18.4 Å². The number of carbonyl (C=O) groups is 3. The highest BCUT2D eigenvalue weighted by atomic mass is 19.4. The number of benzene rings is 2. The Bertz CT molecular complexity index is 993. The van der Waals surface area contributed by atoms with Crippen LogP contribution in [0.5, 0.6) is 5.75 Å². The van der Waals surface area contributed by atoms with Gasteiger partial charge < -0.3 is 10.1 Å². The van der Waals surface area contributed by atoms with E-state index < -0.39 is 29.7 Å². The molecule has 2 N–H and O–H groups in total. The van der Waals surface area contributed by atoms with E-state index in [4.69, 9.17) is 4.74 Å². The molecule has 152 valence electrons. The lowest BCUT2D eigenvalue weighted by molar-refractivity contribution is -0.197. The Hall–Kier alpha value is -3.56. The van der Waals surface area contributed by atoms with Crippen molar-refractivity contribution in [1.82, 2.24) is 10.6 Å². The van der Waals surface area contributed by atoms with Crippen molar-refractivity contribution in [1.29, 1.82) is 0 Å². The van der Waals surface area contributed by atoms with Crippen molar-refractivity contribution in [2.24, 2.45) is 0 Å². The van der Waals surface area contributed by atoms with Gasteiger partial charge in [-0.1, -0.05) is 30.3 Å². The number of ether oxygens (including phenoxy) is 1. The van der Waals surface area contributed by atoms with E-state index in [0.29, 0.717) is 10.5 Å². The highest BCUT2D eigenvalue weighted by Crippen LogP contribution is 2.37. The zero-order valence-corrected chi connectivity index (χ0v) is 15.3. The molecule has 4 amide bonds. The molecule has 1 aliphatic heterocycles. The zero-order valence-electron chi connectivity index (χ0n) is 15.3. The van der Waals surface area contributed by atoms with Gasteiger partial charge in [-0.3, -0.25) is 14.9 Å². The van der Waals surface area contributed by atoms with Crippen molar-refractivity contribution in [2.45, 2.75) is 18.8 Å². The van der Waals surface area contributed by atoms with Gasteiger partial charge in [-0.15, -0.1) is 0 Å². The molecular weight excluding hydrogens is 391 g/mol. The van der Waals surface area contributed by atoms with E-state index in [9.17, 15) is 27.6 Å². The van der Waals surface area contributed by atoms with E-state index in [1.54, 1.807) is 16.7 Å². The van der Waals surface area contributed by atoms with Crippen molar-refractivity contribution in [2.75, 3.05) is 12.0 Å². The molecule has 1 fully saturated rings. The Labute approximate surface area is 163 Å². The van der Waals surface area contributed by atoms with Crippen molar-refractivity contribution in [3.05, 3.63) is 59.7 Å². The summed E-state index contributed by atoms with van der Waals surface area (Å²) in [6.07, 6.45) is -5.31. The summed E-state index contributed by atoms with van der Waals surface area (Å²) in [4.78, 5) is 38.1. The predicted octanol–water partition coefficient (Wildman–Crippen LogP) is 2.75. The van der Waals surface area contributed by atoms with Gasteiger partial charge in [0.15, 0.2) is 0 Å². The molecule has 7 nitrogen and oxygen atoms in total. The first-order valence-corrected chi connectivity index (χ1v) is 8.37. The normalized spacial score (nSPS) is 19.1. The SMILES string of the molecule is COc1ccccc1C(=O)N[C@]1(C(F)(F)F)NC(=O)N(c2ccccc2C)C1=O. The monoisotopic (exact) mass is 407 g/mol. The van der Waals surface area contributed by atoms with Gasteiger partial charge in [0.25, 0.3) is 17.5 Å². The Morgan fingerprint density at radius 3 is 2.34 bits per heavy atom. The summed E-state index contributed by atoms with van der Waals surface area (Å²) in [6.45, 7) is 1.54. The van der Waals surface area contributed by atoms with Crippen LogP contribution in [0.1, 0.15) is 15.9 Å². The molecule has 2 aromatic rings. The molecule has 29 heavy (non-hydrogen) atoms. The van der Waals surface area contributed by atoms with Crippen LogP contribution in [0.25, 0.3) is 0 Å². The van der Waals surface area contributed by atoms with Crippen LogP contribution < -0.4 is 20.3 Å². The predicted molar refractivity (Wildman–Crippen MR) is 96.4 cm³/mol. The standard InChI is InChI=1S/C19H16F3N3O4/c1-11-7-3-5-9-13(11)25-16(27)18(19(20,21)22,24-17(25)28)23-15(26)12-8-4-6-10-14(12)29-2/h3-10H,1-2H3,(H,23,26)(H,24,28)/t18-/m0/s1. The second kappa shape index (κ2) is 7.12. The van der Waals surface area contributed by atoms with Crippen LogP contribution in [0.4, 0.5) is 23.7 Å². The molecule has 0 aliphatic carbocycles. The zero-order chi connectivity index (χ0) is 21.4. The van der Waals surface area contributed by atoms with Crippen molar-refractivity contribution >= 4 is 23.5 Å². The third-order valence-corrected chi connectivity index (χ3v) is 4.46. The number of alkyl halides is 3. The first-order valence-electron chi connectivity index (χ1n) is 8.37. The number of halogens is 3. The number of urea groups is 1. The largest absolute Gasteiger partial charge is 0.496 e. The second-order valence-electron chi connectivity index (χ2n) is 6.26. The first-order chi connectivity index (χ1) is 13.6. The van der Waals surface area contributed by atoms with Gasteiger partial charge in [0, 0.05) is 0 Å². The van der Waals surface area contributed by atoms with Crippen molar-refractivity contribution in [3.63, 3.8) is 0 Å². The van der Waals surface area contributed by atoms with E-state index >= 15 is 0 Å². The molecule has 0 aromatic heterocycles. The second-order valence-corrected chi connectivity index (χ2v) is 6.26. The molecule has 1 heterocycles. The van der Waals surface area contributed by atoms with Crippen LogP contribution >= 0.6 is 0 Å². The number of carbonyl (C=O) groups excluding carboxylic acids is 3. The van der Waals surface area contributed by atoms with E-state index in [2.05, 4.69) is 0 Å². The summed E-state index contributed by atoms with van der Waals surface area (Å²) in [5, 5.41) is 3.27. The number of para-hydroxylation sites is 2. The molecule has 0 spiro atoms. The maximum Gasteiger partial charge on any atom is 0.440 e. The summed E-state index contributed by atoms with van der Waals surface area (Å²) in [7, 11) is 1.24. The fourth-order valence-electron chi connectivity index (χ4n) is 2.98. The number of anilines is 1. The average molecular weight is 407 g/mol. The Morgan fingerprint density at radius 2 is 1.72 bits per heavy atom. The van der Waals surface area contributed by atoms with Crippen LogP contribution in [-0.4, -0.2) is 36.8 Å². The fraction of sp³-hybridized carbons (Fsp3) is 0.211. The Kier molecular flexibility index (Phi) is 4.95. The van der Waals surface area contributed by atoms with Gasteiger partial charge in [0.2, 0.25) is 0 Å². The highest BCUT2D eigenvalue weighted by Gasteiger charge is 2.69. The van der Waals surface area contributed by atoms with Gasteiger partial charge in [-0.05, 0) is 30.7 Å². The number of aryl methyl sites for hydroxylation is 1. The average Bonchev–Trinajstić information content (AvgIpc) is 2.93. The molecular formula is C19H16F3N3O4. The van der Waals surface area contributed by atoms with E-state index in [0.717, 1.165) is 0 Å². The molecule has 0 unspecified atom stereocenters. The lowest BCUT2D eigenvalue weighted by Crippen LogP contribution is -2.69. The van der Waals surface area contributed by atoms with Crippen LogP contribution in [-0.2, 0) is 4.79 Å². The number of rotatable bonds is 4. The Morgan fingerprint density at radius 1 is 1.10 bits per heavy atom. The summed E-state index contributed by atoms with van der Waals surface area (Å²) in [5.41, 5.74) is -3.46. The molecule has 0 radical (unpaired) electrons. The van der Waals surface area contributed by atoms with Gasteiger partial charge in [0.1, 0.15) is 5.75 Å². The molecule has 10 heteroatoms. The van der Waals surface area contributed by atoms with Crippen LogP contribution in [0, 0.1) is 6.92 Å². The number of hydrogen-bond donors (Lipinski definition) is 2. The number of nitrogens with zero attached hydrogens (tertiary/aromatic N) is 1. The van der Waals surface area contributed by atoms with E-state index in [1.165, 1.54) is 56.5 Å². The minimum absolute atomic E-state index is 0.00913. The maximum atomic E-state index is 14.0. The lowest BCUT2D eigenvalue weighted by Gasteiger charge is -2.30. The minimum Gasteiger partial charge on any atom is -0.496 e. The van der Waals surface area contributed by atoms with E-state index in [-0.39, 0.29) is 17.0 Å².